The fourth-order valence-electron chi connectivity index (χ4n) is 2.22. The van der Waals surface area contributed by atoms with Crippen molar-refractivity contribution in [2.75, 3.05) is 13.3 Å². The van der Waals surface area contributed by atoms with Gasteiger partial charge in [0.2, 0.25) is 0 Å². The van der Waals surface area contributed by atoms with Gasteiger partial charge >= 0.3 is 17.9 Å². The molecule has 0 bridgehead atoms. The molecule has 1 heterocycles. The normalized spacial score (nSPS) is 21.2. The van der Waals surface area contributed by atoms with Crippen molar-refractivity contribution in [3.05, 3.63) is 47.7 Å². The van der Waals surface area contributed by atoms with Crippen molar-refractivity contribution in [2.24, 2.45) is 0 Å². The van der Waals surface area contributed by atoms with Crippen LogP contribution in [0.25, 0.3) is 0 Å². The number of carboxylic acids is 1. The Kier molecular flexibility index (Phi) is 4.69. The van der Waals surface area contributed by atoms with E-state index in [4.69, 9.17) is 9.84 Å². The van der Waals surface area contributed by atoms with Gasteiger partial charge in [-0.3, -0.25) is 5.32 Å². The predicted molar refractivity (Wildman–Crippen MR) is 76.2 cm³/mol. The molecule has 116 valence electrons. The molecule has 0 spiro atoms. The predicted octanol–water partition coefficient (Wildman–Crippen LogP) is 1.22. The van der Waals surface area contributed by atoms with Gasteiger partial charge in [-0.15, -0.1) is 4.48 Å². The minimum absolute atomic E-state index is 0.184. The van der Waals surface area contributed by atoms with Crippen molar-refractivity contribution in [3.8, 4) is 0 Å². The van der Waals surface area contributed by atoms with E-state index in [1.165, 1.54) is 13.1 Å². The third-order valence-electron chi connectivity index (χ3n) is 3.36. The van der Waals surface area contributed by atoms with Gasteiger partial charge in [0.25, 0.3) is 0 Å². The van der Waals surface area contributed by atoms with Gasteiger partial charge in [0.1, 0.15) is 0 Å². The van der Waals surface area contributed by atoms with Crippen LogP contribution in [0, 0.1) is 0 Å². The number of aliphatic carboxylic acids is 1. The molecule has 1 aromatic carbocycles. The van der Waals surface area contributed by atoms with Crippen molar-refractivity contribution in [1.29, 1.82) is 0 Å². The first-order valence-corrected chi connectivity index (χ1v) is 6.69. The van der Waals surface area contributed by atoms with Crippen LogP contribution in [0.1, 0.15) is 12.5 Å². The molecule has 0 aliphatic carbocycles. The van der Waals surface area contributed by atoms with Crippen LogP contribution in [0.3, 0.4) is 0 Å². The van der Waals surface area contributed by atoms with Gasteiger partial charge < -0.3 is 9.84 Å². The van der Waals surface area contributed by atoms with Crippen LogP contribution in [0.2, 0.25) is 0 Å². The van der Waals surface area contributed by atoms with Crippen LogP contribution >= 0.6 is 0 Å². The number of benzene rings is 1. The number of carbonyl (C=O) groups is 3. The van der Waals surface area contributed by atoms with E-state index in [1.54, 1.807) is 0 Å². The minimum Gasteiger partial charge on any atom is -0.477 e. The zero-order valence-electron chi connectivity index (χ0n) is 12.1. The first-order valence-electron chi connectivity index (χ1n) is 6.69. The minimum atomic E-state index is -1.25. The maximum absolute atomic E-state index is 12.3. The third-order valence-corrected chi connectivity index (χ3v) is 3.36. The second-order valence-electron chi connectivity index (χ2n) is 5.06. The molecule has 1 aliphatic rings. The smallest absolute Gasteiger partial charge is 0.430 e. The molecule has 0 saturated heterocycles. The van der Waals surface area contributed by atoms with E-state index < -0.39 is 28.9 Å². The van der Waals surface area contributed by atoms with E-state index in [-0.39, 0.29) is 18.9 Å². The molecule has 2 rings (SSSR count). The molecule has 0 saturated carbocycles. The van der Waals surface area contributed by atoms with E-state index in [0.717, 1.165) is 5.56 Å². The number of imide groups is 1. The molecule has 22 heavy (non-hydrogen) atoms. The Labute approximate surface area is 127 Å². The van der Waals surface area contributed by atoms with Crippen LogP contribution in [0.5, 0.6) is 0 Å². The molecule has 7 heteroatoms. The zero-order valence-corrected chi connectivity index (χ0v) is 12.1. The zero-order chi connectivity index (χ0) is 16.2. The molecule has 3 amide bonds. The topological polar surface area (TPSA) is 92.7 Å². The number of urea groups is 1. The number of rotatable bonds is 6. The summed E-state index contributed by atoms with van der Waals surface area (Å²) in [5, 5.41) is 11.5. The Morgan fingerprint density at radius 1 is 1.27 bits per heavy atom. The molecular formula is C15H17N2O5+. The van der Waals surface area contributed by atoms with E-state index in [0.29, 0.717) is 0 Å². The summed E-state index contributed by atoms with van der Waals surface area (Å²) in [5.74, 6) is -1.82. The van der Waals surface area contributed by atoms with Crippen LogP contribution in [0.4, 0.5) is 4.79 Å². The Morgan fingerprint density at radius 2 is 1.95 bits per heavy atom. The molecule has 2 N–H and O–H groups in total. The van der Waals surface area contributed by atoms with Crippen molar-refractivity contribution in [3.63, 3.8) is 0 Å². The fraction of sp³-hybridized carbons (Fsp3) is 0.267. The highest BCUT2D eigenvalue weighted by molar-refractivity contribution is 5.98. The number of ether oxygens (including phenoxy) is 1. The highest BCUT2D eigenvalue weighted by Crippen LogP contribution is 2.19. The summed E-state index contributed by atoms with van der Waals surface area (Å²) in [7, 11) is 0. The average Bonchev–Trinajstić information content (AvgIpc) is 2.49. The summed E-state index contributed by atoms with van der Waals surface area (Å²) in [6.45, 7) is 0.708. The average molecular weight is 305 g/mol. The van der Waals surface area contributed by atoms with E-state index >= 15 is 0 Å². The summed E-state index contributed by atoms with van der Waals surface area (Å²) < 4.78 is 4.53. The third kappa shape index (κ3) is 3.21. The first-order chi connectivity index (χ1) is 10.5. The van der Waals surface area contributed by atoms with Crippen LogP contribution in [0.15, 0.2) is 42.1 Å². The summed E-state index contributed by atoms with van der Waals surface area (Å²) in [5.41, 5.74) is 1.15. The number of hydrogen-bond donors (Lipinski definition) is 2. The Hall–Kier alpha value is -2.51. The van der Waals surface area contributed by atoms with Crippen molar-refractivity contribution in [2.45, 2.75) is 13.5 Å². The number of carboxylic acid groups (broad SMARTS) is 1. The lowest BCUT2D eigenvalue weighted by molar-refractivity contribution is -0.790. The van der Waals surface area contributed by atoms with Gasteiger partial charge in [0.15, 0.2) is 13.3 Å². The SMILES string of the molecule is CC1=CNC(=O)[N+](COCc2ccccc2)(CC(=O)O)C1=O. The molecule has 1 atom stereocenters. The number of quaternary nitrogens is 1. The number of carbonyl (C=O) groups excluding carboxylic acids is 2. The Balaban J connectivity index is 2.15. The second-order valence-corrected chi connectivity index (χ2v) is 5.06. The molecular weight excluding hydrogens is 288 g/mol. The molecule has 1 unspecified atom stereocenters. The lowest BCUT2D eigenvalue weighted by Crippen LogP contribution is -2.65. The van der Waals surface area contributed by atoms with Crippen molar-refractivity contribution < 1.29 is 28.7 Å². The van der Waals surface area contributed by atoms with Gasteiger partial charge in [-0.05, 0) is 12.5 Å². The summed E-state index contributed by atoms with van der Waals surface area (Å²) in [6.07, 6.45) is 1.28. The van der Waals surface area contributed by atoms with Gasteiger partial charge in [-0.1, -0.05) is 30.3 Å². The van der Waals surface area contributed by atoms with Crippen molar-refractivity contribution in [1.82, 2.24) is 5.32 Å². The van der Waals surface area contributed by atoms with E-state index in [9.17, 15) is 14.4 Å². The lowest BCUT2D eigenvalue weighted by Gasteiger charge is -2.33. The van der Waals surface area contributed by atoms with E-state index in [2.05, 4.69) is 5.32 Å². The maximum Gasteiger partial charge on any atom is 0.430 e. The van der Waals surface area contributed by atoms with E-state index in [1.807, 2.05) is 30.3 Å². The largest absolute Gasteiger partial charge is 0.477 e. The summed E-state index contributed by atoms with van der Waals surface area (Å²) in [4.78, 5) is 35.5. The molecule has 7 nitrogen and oxygen atoms in total. The lowest BCUT2D eigenvalue weighted by atomic mass is 10.2. The van der Waals surface area contributed by atoms with Gasteiger partial charge in [0.05, 0.1) is 12.2 Å². The number of amides is 3. The maximum atomic E-state index is 12.3. The van der Waals surface area contributed by atoms with Gasteiger partial charge in [-0.25, -0.2) is 14.4 Å². The van der Waals surface area contributed by atoms with Gasteiger partial charge in [-0.2, -0.15) is 0 Å². The van der Waals surface area contributed by atoms with Crippen LogP contribution in [-0.2, 0) is 20.9 Å². The number of nitrogens with zero attached hydrogens (tertiary/aromatic N) is 1. The number of nitrogens with one attached hydrogen (secondary N) is 1. The molecule has 0 aromatic heterocycles. The molecule has 1 aliphatic heterocycles. The standard InChI is InChI=1S/C15H16N2O5/c1-11-7-16-15(21)17(14(11)20,8-13(18)19)10-22-9-12-5-3-2-4-6-12/h2-7H,8-10H2,1H3,(H-,16,18,19,20,21)/p+1. The fourth-order valence-corrected chi connectivity index (χ4v) is 2.22. The Bertz CT molecular complexity index is 626. The second kappa shape index (κ2) is 6.50. The first kappa shape index (κ1) is 15.9. The highest BCUT2D eigenvalue weighted by Gasteiger charge is 2.49. The summed E-state index contributed by atoms with van der Waals surface area (Å²) >= 11 is 0. The van der Waals surface area contributed by atoms with Crippen molar-refractivity contribution >= 4 is 17.9 Å². The summed E-state index contributed by atoms with van der Waals surface area (Å²) in [6, 6.07) is 8.51. The number of hydrogen-bond acceptors (Lipinski definition) is 4. The monoisotopic (exact) mass is 305 g/mol. The molecule has 0 radical (unpaired) electrons. The highest BCUT2D eigenvalue weighted by atomic mass is 16.5. The molecule has 0 fully saturated rings. The van der Waals surface area contributed by atoms with Crippen LogP contribution < -0.4 is 5.32 Å². The van der Waals surface area contributed by atoms with Crippen LogP contribution in [-0.4, -0.2) is 40.8 Å². The molecule has 1 aromatic rings. The quantitative estimate of drug-likeness (QED) is 0.771. The Morgan fingerprint density at radius 3 is 2.59 bits per heavy atom. The van der Waals surface area contributed by atoms with Gasteiger partial charge in [0, 0.05) is 6.20 Å².